The standard InChI is InChI=1S/C33H37N5O4/c1-33(2,3)42-32(41)35-26(30(39)37-22(16-34)13-21-14-27(21)37)18-36-17-23-15-28(36)31(40)38(23)29-24-10-6-4-8-19(24)12-20-9-5-7-11-25(20)29/h4-11,21-23,26-29H,12-15,17-18H2,1-3H3,(H,35,41)/t21-,22?,23+,26?,27+,28?/m1/s1. The molecule has 9 heteroatoms. The summed E-state index contributed by atoms with van der Waals surface area (Å²) >= 11 is 0. The van der Waals surface area contributed by atoms with Crippen LogP contribution in [-0.4, -0.2) is 81.5 Å². The summed E-state index contributed by atoms with van der Waals surface area (Å²) in [5.41, 5.74) is 4.13. The number of rotatable bonds is 5. The third-order valence-corrected chi connectivity index (χ3v) is 9.59. The quantitative estimate of drug-likeness (QED) is 0.594. The maximum Gasteiger partial charge on any atom is 0.408 e. The Morgan fingerprint density at radius 2 is 1.71 bits per heavy atom. The lowest BCUT2D eigenvalue weighted by Gasteiger charge is -2.42. The van der Waals surface area contributed by atoms with Crippen molar-refractivity contribution < 1.29 is 19.1 Å². The smallest absolute Gasteiger partial charge is 0.408 e. The number of nitrogens with one attached hydrogen (secondary N) is 1. The lowest BCUT2D eigenvalue weighted by Crippen LogP contribution is -2.59. The fourth-order valence-electron chi connectivity index (χ4n) is 7.76. The zero-order chi connectivity index (χ0) is 29.3. The van der Waals surface area contributed by atoms with Crippen LogP contribution in [-0.2, 0) is 20.7 Å². The molecule has 218 valence electrons. The number of hydrogen-bond donors (Lipinski definition) is 1. The first-order valence-electron chi connectivity index (χ1n) is 15.1. The van der Waals surface area contributed by atoms with Gasteiger partial charge in [-0.25, -0.2) is 4.79 Å². The maximum absolute atomic E-state index is 14.1. The summed E-state index contributed by atoms with van der Waals surface area (Å²) in [4.78, 5) is 46.6. The average molecular weight is 568 g/mol. The molecule has 9 nitrogen and oxygen atoms in total. The van der Waals surface area contributed by atoms with Gasteiger partial charge in [0.2, 0.25) is 11.8 Å². The van der Waals surface area contributed by atoms with Gasteiger partial charge < -0.3 is 19.9 Å². The van der Waals surface area contributed by atoms with E-state index in [9.17, 15) is 19.6 Å². The minimum atomic E-state index is -0.910. The van der Waals surface area contributed by atoms with Gasteiger partial charge in [0.25, 0.3) is 0 Å². The molecule has 2 aliphatic carbocycles. The zero-order valence-electron chi connectivity index (χ0n) is 24.3. The average Bonchev–Trinajstić information content (AvgIpc) is 3.27. The summed E-state index contributed by atoms with van der Waals surface area (Å²) < 4.78 is 5.50. The Morgan fingerprint density at radius 1 is 1.05 bits per heavy atom. The molecule has 4 fully saturated rings. The van der Waals surface area contributed by atoms with Crippen LogP contribution in [0.15, 0.2) is 48.5 Å². The summed E-state index contributed by atoms with van der Waals surface area (Å²) in [6.45, 7) is 6.14. The molecule has 2 aromatic carbocycles. The van der Waals surface area contributed by atoms with Crippen molar-refractivity contribution in [3.05, 3.63) is 70.8 Å². The van der Waals surface area contributed by atoms with Crippen molar-refractivity contribution in [2.45, 2.75) is 88.3 Å². The van der Waals surface area contributed by atoms with E-state index >= 15 is 0 Å². The molecular formula is C33H37N5O4. The van der Waals surface area contributed by atoms with Crippen molar-refractivity contribution in [3.63, 3.8) is 0 Å². The molecule has 0 aromatic heterocycles. The maximum atomic E-state index is 14.1. The van der Waals surface area contributed by atoms with Crippen molar-refractivity contribution >= 4 is 17.9 Å². The van der Waals surface area contributed by atoms with Gasteiger partial charge in [0.15, 0.2) is 0 Å². The molecule has 2 bridgehead atoms. The number of benzene rings is 2. The van der Waals surface area contributed by atoms with E-state index in [0.29, 0.717) is 25.3 Å². The molecule has 3 amide bonds. The number of fused-ring (bicyclic) bond motifs is 5. The van der Waals surface area contributed by atoms with Crippen molar-refractivity contribution in [2.75, 3.05) is 13.1 Å². The van der Waals surface area contributed by atoms with Crippen LogP contribution in [0.5, 0.6) is 0 Å². The highest BCUT2D eigenvalue weighted by Crippen LogP contribution is 2.48. The predicted octanol–water partition coefficient (Wildman–Crippen LogP) is 3.37. The first-order valence-corrected chi connectivity index (χ1v) is 15.1. The lowest BCUT2D eigenvalue weighted by atomic mass is 9.81. The van der Waals surface area contributed by atoms with E-state index in [2.05, 4.69) is 52.7 Å². The van der Waals surface area contributed by atoms with Gasteiger partial charge >= 0.3 is 6.09 Å². The van der Waals surface area contributed by atoms with Gasteiger partial charge in [0.05, 0.1) is 18.2 Å². The number of carbonyl (C=O) groups excluding carboxylic acids is 3. The number of hydrogen-bond acceptors (Lipinski definition) is 6. The van der Waals surface area contributed by atoms with Crippen LogP contribution in [0, 0.1) is 17.2 Å². The molecule has 6 atom stereocenters. The molecular weight excluding hydrogens is 530 g/mol. The number of carbonyl (C=O) groups is 3. The van der Waals surface area contributed by atoms with E-state index in [1.165, 1.54) is 22.3 Å². The number of likely N-dealkylation sites (tertiary alicyclic amines) is 3. The molecule has 3 unspecified atom stereocenters. The number of alkyl carbamates (subject to hydrolysis) is 1. The summed E-state index contributed by atoms with van der Waals surface area (Å²) in [5.74, 6) is 0.157. The predicted molar refractivity (Wildman–Crippen MR) is 154 cm³/mol. The van der Waals surface area contributed by atoms with Gasteiger partial charge in [-0.15, -0.1) is 0 Å². The van der Waals surface area contributed by atoms with Gasteiger partial charge in [-0.1, -0.05) is 48.5 Å². The molecule has 0 radical (unpaired) electrons. The summed E-state index contributed by atoms with van der Waals surface area (Å²) in [6.07, 6.45) is 2.44. The number of ether oxygens (including phenoxy) is 1. The van der Waals surface area contributed by atoms with Crippen LogP contribution < -0.4 is 5.32 Å². The molecule has 3 saturated heterocycles. The third-order valence-electron chi connectivity index (χ3n) is 9.59. The van der Waals surface area contributed by atoms with Crippen LogP contribution in [0.4, 0.5) is 4.79 Å². The molecule has 2 aromatic rings. The highest BCUT2D eigenvalue weighted by molar-refractivity contribution is 5.89. The summed E-state index contributed by atoms with van der Waals surface area (Å²) in [5, 5.41) is 12.5. The second kappa shape index (κ2) is 9.84. The fraction of sp³-hybridized carbons (Fsp3) is 0.515. The Hall–Kier alpha value is -3.90. The topological polar surface area (TPSA) is 106 Å². The molecule has 7 rings (SSSR count). The number of piperazine rings is 1. The minimum absolute atomic E-state index is 0.00422. The second-order valence-corrected chi connectivity index (χ2v) is 13.5. The van der Waals surface area contributed by atoms with Crippen molar-refractivity contribution in [3.8, 4) is 6.07 Å². The van der Waals surface area contributed by atoms with Crippen LogP contribution in [0.3, 0.4) is 0 Å². The van der Waals surface area contributed by atoms with Gasteiger partial charge in [0.1, 0.15) is 17.7 Å². The monoisotopic (exact) mass is 567 g/mol. The Morgan fingerprint density at radius 3 is 2.33 bits per heavy atom. The third kappa shape index (κ3) is 4.53. The van der Waals surface area contributed by atoms with Gasteiger partial charge in [-0.3, -0.25) is 14.5 Å². The van der Waals surface area contributed by atoms with Gasteiger partial charge in [-0.05, 0) is 74.6 Å². The number of nitrogens with zero attached hydrogens (tertiary/aromatic N) is 4. The lowest BCUT2D eigenvalue weighted by molar-refractivity contribution is -0.141. The summed E-state index contributed by atoms with van der Waals surface area (Å²) in [6, 6.07) is 17.2. The van der Waals surface area contributed by atoms with Crippen LogP contribution in [0.2, 0.25) is 0 Å². The number of piperidine rings is 1. The van der Waals surface area contributed by atoms with Gasteiger partial charge in [-0.2, -0.15) is 5.26 Å². The van der Waals surface area contributed by atoms with Crippen LogP contribution in [0.1, 0.15) is 68.3 Å². The highest BCUT2D eigenvalue weighted by atomic mass is 16.6. The number of amides is 3. The molecule has 1 saturated carbocycles. The molecule has 3 aliphatic heterocycles. The minimum Gasteiger partial charge on any atom is -0.444 e. The number of nitriles is 1. The fourth-order valence-corrected chi connectivity index (χ4v) is 7.76. The largest absolute Gasteiger partial charge is 0.444 e. The van der Waals surface area contributed by atoms with Crippen molar-refractivity contribution in [1.29, 1.82) is 5.26 Å². The molecule has 3 heterocycles. The van der Waals surface area contributed by atoms with E-state index in [-0.39, 0.29) is 42.5 Å². The normalized spacial score (nSPS) is 28.5. The Kier molecular flexibility index (Phi) is 6.32. The Balaban J connectivity index is 1.13. The molecule has 5 aliphatic rings. The summed E-state index contributed by atoms with van der Waals surface area (Å²) in [7, 11) is 0. The Labute approximate surface area is 246 Å². The molecule has 42 heavy (non-hydrogen) atoms. The van der Waals surface area contributed by atoms with E-state index in [1.54, 1.807) is 25.7 Å². The first-order chi connectivity index (χ1) is 20.1. The van der Waals surface area contributed by atoms with E-state index < -0.39 is 23.8 Å². The molecule has 1 N–H and O–H groups in total. The van der Waals surface area contributed by atoms with E-state index in [1.807, 2.05) is 17.0 Å². The van der Waals surface area contributed by atoms with Crippen LogP contribution in [0.25, 0.3) is 0 Å². The van der Waals surface area contributed by atoms with E-state index in [0.717, 1.165) is 12.8 Å². The highest BCUT2D eigenvalue weighted by Gasteiger charge is 2.57. The van der Waals surface area contributed by atoms with Crippen molar-refractivity contribution in [1.82, 2.24) is 20.0 Å². The Bertz CT molecular complexity index is 1450. The SMILES string of the molecule is CC(C)(C)OC(=O)NC(CN1C[C@@H]2CC1C(=O)N2C1c2ccccc2Cc2ccccc21)C(=O)N1C(C#N)C[C@@H]2C[C@@H]21. The van der Waals surface area contributed by atoms with Crippen LogP contribution >= 0.6 is 0 Å². The second-order valence-electron chi connectivity index (χ2n) is 13.5. The van der Waals surface area contributed by atoms with Crippen molar-refractivity contribution in [2.24, 2.45) is 5.92 Å². The zero-order valence-corrected chi connectivity index (χ0v) is 24.3. The van der Waals surface area contributed by atoms with E-state index in [4.69, 9.17) is 4.74 Å². The first kappa shape index (κ1) is 27.0. The van der Waals surface area contributed by atoms with Gasteiger partial charge in [0, 0.05) is 25.2 Å². The molecule has 0 spiro atoms.